The molecule has 0 saturated carbocycles. The molecule has 2 aliphatic rings. The van der Waals surface area contributed by atoms with E-state index in [1.807, 2.05) is 44.2 Å². The summed E-state index contributed by atoms with van der Waals surface area (Å²) in [6.45, 7) is 7.32. The minimum absolute atomic E-state index is 0. The molecule has 238 valence electrons. The zero-order chi connectivity index (χ0) is 31.2. The van der Waals surface area contributed by atoms with Gasteiger partial charge >= 0.3 is 0 Å². The number of halogens is 2. The maximum atomic E-state index is 15.7. The van der Waals surface area contributed by atoms with Crippen LogP contribution in [0.5, 0.6) is 5.88 Å². The van der Waals surface area contributed by atoms with Gasteiger partial charge in [-0.1, -0.05) is 32.0 Å². The van der Waals surface area contributed by atoms with Gasteiger partial charge in [0.25, 0.3) is 0 Å². The molecule has 2 aliphatic heterocycles. The van der Waals surface area contributed by atoms with E-state index in [0.29, 0.717) is 41.8 Å². The summed E-state index contributed by atoms with van der Waals surface area (Å²) in [6.07, 6.45) is 3.09. The molecule has 2 N–H and O–H groups in total. The maximum Gasteiger partial charge on any atom is 0.241 e. The van der Waals surface area contributed by atoms with Crippen LogP contribution in [0, 0.1) is 5.82 Å². The van der Waals surface area contributed by atoms with Gasteiger partial charge in [-0.3, -0.25) is 14.5 Å². The molecule has 2 aromatic carbocycles. The summed E-state index contributed by atoms with van der Waals surface area (Å²) in [6, 6.07) is 14.7. The minimum atomic E-state index is -3.68. The maximum absolute atomic E-state index is 15.7. The molecule has 45 heavy (non-hydrogen) atoms. The molecule has 0 bridgehead atoms. The number of nitrogens with one attached hydrogen (secondary N) is 2. The first-order chi connectivity index (χ1) is 21.0. The van der Waals surface area contributed by atoms with E-state index < -0.39 is 21.3 Å². The zero-order valence-electron chi connectivity index (χ0n) is 25.5. The van der Waals surface area contributed by atoms with E-state index in [1.165, 1.54) is 25.3 Å². The van der Waals surface area contributed by atoms with Crippen molar-refractivity contribution in [3.63, 3.8) is 0 Å². The molecule has 4 aromatic rings. The van der Waals surface area contributed by atoms with Crippen LogP contribution in [-0.2, 0) is 20.2 Å². The number of ether oxygens (including phenoxy) is 1. The predicted molar refractivity (Wildman–Crippen MR) is 178 cm³/mol. The Bertz CT molecular complexity index is 1850. The van der Waals surface area contributed by atoms with Crippen LogP contribution < -0.4 is 24.6 Å². The first-order valence-electron chi connectivity index (χ1n) is 14.6. The van der Waals surface area contributed by atoms with Gasteiger partial charge in [-0.15, -0.1) is 12.4 Å². The van der Waals surface area contributed by atoms with Crippen molar-refractivity contribution in [3.8, 4) is 17.0 Å². The lowest BCUT2D eigenvalue weighted by Gasteiger charge is -2.48. The second-order valence-corrected chi connectivity index (χ2v) is 13.6. The van der Waals surface area contributed by atoms with Crippen LogP contribution in [-0.4, -0.2) is 69.4 Å². The van der Waals surface area contributed by atoms with Crippen molar-refractivity contribution in [2.75, 3.05) is 53.6 Å². The number of likely N-dealkylation sites (N-methyl/N-ethyl adjacent to an activating group) is 1. The molecule has 0 unspecified atom stereocenters. The summed E-state index contributed by atoms with van der Waals surface area (Å²) in [5, 5.41) is 3.90. The Hall–Kier alpha value is -4.00. The van der Waals surface area contributed by atoms with Crippen molar-refractivity contribution >= 4 is 56.3 Å². The van der Waals surface area contributed by atoms with E-state index in [2.05, 4.69) is 24.9 Å². The summed E-state index contributed by atoms with van der Waals surface area (Å²) >= 11 is 0. The van der Waals surface area contributed by atoms with Crippen molar-refractivity contribution in [2.45, 2.75) is 32.2 Å². The quantitative estimate of drug-likeness (QED) is 0.236. The van der Waals surface area contributed by atoms with Gasteiger partial charge in [-0.25, -0.2) is 17.8 Å². The molecule has 1 spiro atoms. The Morgan fingerprint density at radius 2 is 1.82 bits per heavy atom. The fourth-order valence-corrected chi connectivity index (χ4v) is 6.59. The van der Waals surface area contributed by atoms with Crippen molar-refractivity contribution < 1.29 is 22.3 Å². The van der Waals surface area contributed by atoms with E-state index in [4.69, 9.17) is 4.74 Å². The van der Waals surface area contributed by atoms with Gasteiger partial charge in [-0.05, 0) is 31.2 Å². The third kappa shape index (κ3) is 5.89. The van der Waals surface area contributed by atoms with Gasteiger partial charge in [-0.2, -0.15) is 0 Å². The first kappa shape index (κ1) is 32.4. The molecular formula is C32H36ClFN6O4S. The minimum Gasteiger partial charge on any atom is -0.475 e. The lowest BCUT2D eigenvalue weighted by Crippen LogP contribution is -2.64. The van der Waals surface area contributed by atoms with Crippen LogP contribution >= 0.6 is 12.4 Å². The Morgan fingerprint density at radius 1 is 1.09 bits per heavy atom. The molecule has 0 atom stereocenters. The molecule has 0 aliphatic carbocycles. The van der Waals surface area contributed by atoms with Gasteiger partial charge in [0.15, 0.2) is 0 Å². The first-order valence-corrected chi connectivity index (χ1v) is 16.3. The number of para-hydroxylation sites is 1. The van der Waals surface area contributed by atoms with Crippen LogP contribution in [0.3, 0.4) is 0 Å². The molecule has 6 rings (SSSR count). The fourth-order valence-electron chi connectivity index (χ4n) is 5.96. The molecule has 0 radical (unpaired) electrons. The van der Waals surface area contributed by atoms with Gasteiger partial charge in [0, 0.05) is 72.8 Å². The Morgan fingerprint density at radius 3 is 2.51 bits per heavy atom. The largest absolute Gasteiger partial charge is 0.475 e. The molecule has 1 fully saturated rings. The number of rotatable bonds is 10. The standard InChI is InChI=1S/C32H35FN6O4S.ClH/c1-5-44(41,42)37-27-13-21(16-36-30(27)43-12-11-34-20(2)3)23-14-24-26(15-25(23)33)35-17-28-29(24)32(31(40)38(28)4)18-39(19-32)22-9-7-6-8-10-22;/h6-10,13-17,20,34,37H,5,11-12,18-19H2,1-4H3;1H. The van der Waals surface area contributed by atoms with Crippen molar-refractivity contribution in [3.05, 3.63) is 72.3 Å². The van der Waals surface area contributed by atoms with E-state index in [-0.39, 0.29) is 53.8 Å². The summed E-state index contributed by atoms with van der Waals surface area (Å²) in [5.41, 5.74) is 2.87. The third-order valence-electron chi connectivity index (χ3n) is 8.23. The Kier molecular flexibility index (Phi) is 8.94. The average Bonchev–Trinajstić information content (AvgIpc) is 3.21. The third-order valence-corrected chi connectivity index (χ3v) is 9.53. The Labute approximate surface area is 268 Å². The molecule has 13 heteroatoms. The lowest BCUT2D eigenvalue weighted by molar-refractivity contribution is -0.123. The normalized spacial score (nSPS) is 15.3. The molecule has 1 saturated heterocycles. The van der Waals surface area contributed by atoms with Gasteiger partial charge < -0.3 is 19.9 Å². The van der Waals surface area contributed by atoms with E-state index in [1.54, 1.807) is 24.2 Å². The van der Waals surface area contributed by atoms with Crippen molar-refractivity contribution in [2.24, 2.45) is 0 Å². The van der Waals surface area contributed by atoms with Crippen molar-refractivity contribution in [1.82, 2.24) is 15.3 Å². The van der Waals surface area contributed by atoms with Gasteiger partial charge in [0.05, 0.1) is 23.2 Å². The number of pyridine rings is 2. The van der Waals surface area contributed by atoms with E-state index in [9.17, 15) is 13.2 Å². The fraction of sp³-hybridized carbons (Fsp3) is 0.344. The predicted octanol–water partition coefficient (Wildman–Crippen LogP) is 4.73. The van der Waals surface area contributed by atoms with Crippen LogP contribution in [0.1, 0.15) is 26.3 Å². The summed E-state index contributed by atoms with van der Waals surface area (Å²) in [5.74, 6) is -0.623. The smallest absolute Gasteiger partial charge is 0.241 e. The molecule has 1 amide bonds. The van der Waals surface area contributed by atoms with E-state index in [0.717, 1.165) is 11.3 Å². The number of carbonyl (C=O) groups is 1. The summed E-state index contributed by atoms with van der Waals surface area (Å²) in [7, 11) is -1.94. The average molecular weight is 655 g/mol. The Balaban J connectivity index is 0.00000400. The highest BCUT2D eigenvalue weighted by molar-refractivity contribution is 7.92. The van der Waals surface area contributed by atoms with Gasteiger partial charge in [0.2, 0.25) is 21.8 Å². The molecule has 10 nitrogen and oxygen atoms in total. The lowest BCUT2D eigenvalue weighted by atomic mass is 9.73. The number of hydrogen-bond acceptors (Lipinski definition) is 8. The van der Waals surface area contributed by atoms with Gasteiger partial charge in [0.1, 0.15) is 23.5 Å². The second kappa shape index (κ2) is 12.4. The van der Waals surface area contributed by atoms with Crippen LogP contribution in [0.25, 0.3) is 22.0 Å². The number of fused-ring (bicyclic) bond motifs is 4. The number of aromatic nitrogens is 2. The van der Waals surface area contributed by atoms with Crippen molar-refractivity contribution in [1.29, 1.82) is 0 Å². The second-order valence-electron chi connectivity index (χ2n) is 11.5. The van der Waals surface area contributed by atoms with Crippen LogP contribution in [0.4, 0.5) is 21.5 Å². The summed E-state index contributed by atoms with van der Waals surface area (Å²) < 4.78 is 49.1. The van der Waals surface area contributed by atoms with Crippen LogP contribution in [0.2, 0.25) is 0 Å². The van der Waals surface area contributed by atoms with Crippen LogP contribution in [0.15, 0.2) is 60.9 Å². The number of carbonyl (C=O) groups excluding carboxylic acids is 1. The monoisotopic (exact) mass is 654 g/mol. The highest BCUT2D eigenvalue weighted by Crippen LogP contribution is 2.51. The zero-order valence-corrected chi connectivity index (χ0v) is 27.1. The molecular weight excluding hydrogens is 619 g/mol. The number of sulfonamides is 1. The number of nitrogens with zero attached hydrogens (tertiary/aromatic N) is 4. The number of amides is 1. The topological polar surface area (TPSA) is 117 Å². The number of hydrogen-bond donors (Lipinski definition) is 2. The molecule has 2 aromatic heterocycles. The highest BCUT2D eigenvalue weighted by Gasteiger charge is 2.58. The number of benzene rings is 2. The summed E-state index contributed by atoms with van der Waals surface area (Å²) in [4.78, 5) is 26.4. The highest BCUT2D eigenvalue weighted by atomic mass is 35.5. The molecule has 4 heterocycles. The number of anilines is 3. The SMILES string of the molecule is CCS(=O)(=O)Nc1cc(-c2cc3c4c(cnc3cc2F)N(C)C(=O)C42CN(c3ccccc3)C2)cnc1OCCNC(C)C.Cl. The van der Waals surface area contributed by atoms with E-state index >= 15 is 4.39 Å².